The molecule has 3 aromatic rings. The van der Waals surface area contributed by atoms with Crippen LogP contribution in [0.5, 0.6) is 0 Å². The maximum Gasteiger partial charge on any atom is 0.255 e. The van der Waals surface area contributed by atoms with Gasteiger partial charge >= 0.3 is 0 Å². The predicted octanol–water partition coefficient (Wildman–Crippen LogP) is 3.26. The fourth-order valence-corrected chi connectivity index (χ4v) is 2.14. The number of para-hydroxylation sites is 1. The summed E-state index contributed by atoms with van der Waals surface area (Å²) in [6.45, 7) is 1.70. The van der Waals surface area contributed by atoms with Crippen LogP contribution in [0.2, 0.25) is 0 Å². The minimum atomic E-state index is -0.352. The summed E-state index contributed by atoms with van der Waals surface area (Å²) in [5, 5.41) is 10.5. The standard InChI is InChI=1S/C15H12FN3O/c1-9-7-11(16)5-6-12(9)15(20)18-13-4-2-3-10-8-17-19-14(10)13/h2-8H,1H3,(H,17,19)(H,18,20). The van der Waals surface area contributed by atoms with Crippen LogP contribution in [0, 0.1) is 12.7 Å². The number of aromatic nitrogens is 2. The van der Waals surface area contributed by atoms with E-state index in [4.69, 9.17) is 0 Å². The first-order chi connectivity index (χ1) is 9.65. The lowest BCUT2D eigenvalue weighted by Crippen LogP contribution is -2.13. The van der Waals surface area contributed by atoms with Crippen LogP contribution in [0.3, 0.4) is 0 Å². The van der Waals surface area contributed by atoms with Crippen LogP contribution in [-0.2, 0) is 0 Å². The number of amides is 1. The molecule has 5 heteroatoms. The monoisotopic (exact) mass is 269 g/mol. The molecule has 0 saturated heterocycles. The number of carbonyl (C=O) groups excluding carboxylic acids is 1. The van der Waals surface area contributed by atoms with Crippen molar-refractivity contribution in [2.45, 2.75) is 6.92 Å². The molecule has 1 heterocycles. The summed E-state index contributed by atoms with van der Waals surface area (Å²) in [5.74, 6) is -0.626. The molecule has 0 unspecified atom stereocenters. The van der Waals surface area contributed by atoms with Gasteiger partial charge in [0.2, 0.25) is 0 Å². The molecule has 0 spiro atoms. The highest BCUT2D eigenvalue weighted by Crippen LogP contribution is 2.21. The van der Waals surface area contributed by atoms with Gasteiger partial charge in [-0.2, -0.15) is 5.10 Å². The highest BCUT2D eigenvalue weighted by molar-refractivity contribution is 6.08. The SMILES string of the molecule is Cc1cc(F)ccc1C(=O)Nc1cccc2cn[nH]c12. The Balaban J connectivity index is 1.94. The van der Waals surface area contributed by atoms with E-state index in [2.05, 4.69) is 15.5 Å². The van der Waals surface area contributed by atoms with E-state index in [1.807, 2.05) is 12.1 Å². The van der Waals surface area contributed by atoms with Gasteiger partial charge < -0.3 is 5.32 Å². The Morgan fingerprint density at radius 2 is 2.15 bits per heavy atom. The lowest BCUT2D eigenvalue weighted by Gasteiger charge is -2.08. The van der Waals surface area contributed by atoms with E-state index in [-0.39, 0.29) is 11.7 Å². The molecule has 0 aliphatic heterocycles. The number of halogens is 1. The third-order valence-corrected chi connectivity index (χ3v) is 3.16. The van der Waals surface area contributed by atoms with Gasteiger partial charge in [-0.05, 0) is 36.8 Å². The first-order valence-electron chi connectivity index (χ1n) is 6.15. The van der Waals surface area contributed by atoms with Gasteiger partial charge in [-0.15, -0.1) is 0 Å². The number of nitrogens with one attached hydrogen (secondary N) is 2. The number of fused-ring (bicyclic) bond motifs is 1. The minimum Gasteiger partial charge on any atom is -0.320 e. The van der Waals surface area contributed by atoms with E-state index >= 15 is 0 Å². The van der Waals surface area contributed by atoms with Crippen LogP contribution in [0.15, 0.2) is 42.6 Å². The Morgan fingerprint density at radius 1 is 1.30 bits per heavy atom. The summed E-state index contributed by atoms with van der Waals surface area (Å²) in [4.78, 5) is 12.2. The van der Waals surface area contributed by atoms with Gasteiger partial charge in [-0.3, -0.25) is 9.89 Å². The van der Waals surface area contributed by atoms with Crippen LogP contribution in [-0.4, -0.2) is 16.1 Å². The second kappa shape index (κ2) is 4.77. The van der Waals surface area contributed by atoms with E-state index in [1.165, 1.54) is 18.2 Å². The van der Waals surface area contributed by atoms with Crippen molar-refractivity contribution in [3.63, 3.8) is 0 Å². The van der Waals surface area contributed by atoms with Crippen molar-refractivity contribution in [1.82, 2.24) is 10.2 Å². The van der Waals surface area contributed by atoms with Crippen LogP contribution in [0.1, 0.15) is 15.9 Å². The van der Waals surface area contributed by atoms with E-state index in [0.717, 1.165) is 10.9 Å². The molecule has 0 fully saturated rings. The third kappa shape index (κ3) is 2.14. The van der Waals surface area contributed by atoms with Gasteiger partial charge in [-0.1, -0.05) is 12.1 Å². The summed E-state index contributed by atoms with van der Waals surface area (Å²) in [6.07, 6.45) is 1.69. The highest BCUT2D eigenvalue weighted by Gasteiger charge is 2.12. The molecule has 100 valence electrons. The van der Waals surface area contributed by atoms with Crippen molar-refractivity contribution in [2.75, 3.05) is 5.32 Å². The molecule has 0 saturated carbocycles. The van der Waals surface area contributed by atoms with E-state index in [0.29, 0.717) is 16.8 Å². The molecule has 0 aliphatic rings. The molecule has 0 radical (unpaired) electrons. The van der Waals surface area contributed by atoms with Gasteiger partial charge in [0.1, 0.15) is 5.82 Å². The minimum absolute atomic E-state index is 0.274. The van der Waals surface area contributed by atoms with Gasteiger partial charge in [0, 0.05) is 10.9 Å². The molecule has 4 nitrogen and oxygen atoms in total. The number of hydrogen-bond donors (Lipinski definition) is 2. The van der Waals surface area contributed by atoms with Gasteiger partial charge in [0.15, 0.2) is 0 Å². The second-order valence-corrected chi connectivity index (χ2v) is 4.55. The maximum atomic E-state index is 13.1. The molecule has 3 rings (SSSR count). The predicted molar refractivity (Wildman–Crippen MR) is 75.2 cm³/mol. The number of benzene rings is 2. The molecule has 0 bridgehead atoms. The van der Waals surface area contributed by atoms with Gasteiger partial charge in [0.25, 0.3) is 5.91 Å². The summed E-state index contributed by atoms with van der Waals surface area (Å²) < 4.78 is 13.1. The number of H-pyrrole nitrogens is 1. The number of carbonyl (C=O) groups is 1. The Hall–Kier alpha value is -2.69. The molecule has 0 aliphatic carbocycles. The normalized spacial score (nSPS) is 10.7. The zero-order chi connectivity index (χ0) is 14.1. The zero-order valence-electron chi connectivity index (χ0n) is 10.8. The molecule has 2 aromatic carbocycles. The molecule has 0 atom stereocenters. The summed E-state index contributed by atoms with van der Waals surface area (Å²) >= 11 is 0. The molecule has 1 amide bonds. The highest BCUT2D eigenvalue weighted by atomic mass is 19.1. The van der Waals surface area contributed by atoms with Gasteiger partial charge in [-0.25, -0.2) is 4.39 Å². The van der Waals surface area contributed by atoms with E-state index in [9.17, 15) is 9.18 Å². The van der Waals surface area contributed by atoms with Crippen molar-refractivity contribution >= 4 is 22.5 Å². The average Bonchev–Trinajstić information content (AvgIpc) is 2.87. The Bertz CT molecular complexity index is 795. The fraction of sp³-hybridized carbons (Fsp3) is 0.0667. The summed E-state index contributed by atoms with van der Waals surface area (Å²) in [7, 11) is 0. The summed E-state index contributed by atoms with van der Waals surface area (Å²) in [6, 6.07) is 9.62. The molecular weight excluding hydrogens is 257 g/mol. The lowest BCUT2D eigenvalue weighted by molar-refractivity contribution is 0.102. The largest absolute Gasteiger partial charge is 0.320 e. The Kier molecular flexibility index (Phi) is 2.95. The maximum absolute atomic E-state index is 13.1. The third-order valence-electron chi connectivity index (χ3n) is 3.16. The zero-order valence-corrected chi connectivity index (χ0v) is 10.8. The smallest absolute Gasteiger partial charge is 0.255 e. The first kappa shape index (κ1) is 12.3. The van der Waals surface area contributed by atoms with Crippen molar-refractivity contribution < 1.29 is 9.18 Å². The van der Waals surface area contributed by atoms with Crippen LogP contribution < -0.4 is 5.32 Å². The number of hydrogen-bond acceptors (Lipinski definition) is 2. The number of rotatable bonds is 2. The van der Waals surface area contributed by atoms with Crippen molar-refractivity contribution in [1.29, 1.82) is 0 Å². The Morgan fingerprint density at radius 3 is 2.95 bits per heavy atom. The number of aromatic amines is 1. The average molecular weight is 269 g/mol. The van der Waals surface area contributed by atoms with E-state index < -0.39 is 0 Å². The van der Waals surface area contributed by atoms with Crippen molar-refractivity contribution in [2.24, 2.45) is 0 Å². The lowest BCUT2D eigenvalue weighted by atomic mass is 10.1. The first-order valence-corrected chi connectivity index (χ1v) is 6.15. The summed E-state index contributed by atoms with van der Waals surface area (Å²) in [5.41, 5.74) is 2.46. The molecular formula is C15H12FN3O. The van der Waals surface area contributed by atoms with Crippen molar-refractivity contribution in [3.8, 4) is 0 Å². The van der Waals surface area contributed by atoms with E-state index in [1.54, 1.807) is 19.2 Å². The Labute approximate surface area is 114 Å². The van der Waals surface area contributed by atoms with Gasteiger partial charge in [0.05, 0.1) is 17.4 Å². The second-order valence-electron chi connectivity index (χ2n) is 4.55. The number of anilines is 1. The van der Waals surface area contributed by atoms with Crippen LogP contribution in [0.4, 0.5) is 10.1 Å². The number of nitrogens with zero attached hydrogens (tertiary/aromatic N) is 1. The van der Waals surface area contributed by atoms with Crippen molar-refractivity contribution in [3.05, 3.63) is 59.5 Å². The molecule has 1 aromatic heterocycles. The topological polar surface area (TPSA) is 57.8 Å². The fourth-order valence-electron chi connectivity index (χ4n) is 2.14. The number of aryl methyl sites for hydroxylation is 1. The van der Waals surface area contributed by atoms with Crippen LogP contribution in [0.25, 0.3) is 10.9 Å². The van der Waals surface area contributed by atoms with Crippen LogP contribution >= 0.6 is 0 Å². The quantitative estimate of drug-likeness (QED) is 0.750. The molecule has 20 heavy (non-hydrogen) atoms. The molecule has 2 N–H and O–H groups in total.